The number of para-hydroxylation sites is 1. The van der Waals surface area contributed by atoms with Gasteiger partial charge in [-0.15, -0.1) is 0 Å². The van der Waals surface area contributed by atoms with E-state index in [9.17, 15) is 22.8 Å². The number of rotatable bonds is 12. The van der Waals surface area contributed by atoms with E-state index in [1.54, 1.807) is 37.3 Å². The topological polar surface area (TPSA) is 143 Å². The van der Waals surface area contributed by atoms with Crippen LogP contribution in [0.2, 0.25) is 0 Å². The van der Waals surface area contributed by atoms with Gasteiger partial charge in [0.2, 0.25) is 0 Å². The molecule has 3 fully saturated rings. The van der Waals surface area contributed by atoms with Crippen LogP contribution in [0.3, 0.4) is 0 Å². The first-order valence-corrected chi connectivity index (χ1v) is 18.9. The third-order valence-electron chi connectivity index (χ3n) is 10.3. The van der Waals surface area contributed by atoms with Gasteiger partial charge in [0.15, 0.2) is 42.6 Å². The van der Waals surface area contributed by atoms with Gasteiger partial charge in [-0.2, -0.15) is 4.98 Å². The third kappa shape index (κ3) is 10.6. The second-order valence-corrected chi connectivity index (χ2v) is 13.9. The van der Waals surface area contributed by atoms with Crippen LogP contribution in [0.25, 0.3) is 10.9 Å². The van der Waals surface area contributed by atoms with Gasteiger partial charge in [0.1, 0.15) is 36.6 Å². The van der Waals surface area contributed by atoms with Crippen LogP contribution in [0.4, 0.5) is 13.2 Å². The number of methoxy groups -OCH3 is 6. The average molecular weight is 851 g/mol. The van der Waals surface area contributed by atoms with Gasteiger partial charge in [-0.3, -0.25) is 9.36 Å². The van der Waals surface area contributed by atoms with Crippen LogP contribution in [-0.4, -0.2) is 143 Å². The van der Waals surface area contributed by atoms with Gasteiger partial charge in [-0.25, -0.2) is 18.0 Å². The van der Waals surface area contributed by atoms with E-state index >= 15 is 0 Å². The van der Waals surface area contributed by atoms with Crippen LogP contribution >= 0.6 is 0 Å². The van der Waals surface area contributed by atoms with Crippen molar-refractivity contribution in [2.75, 3.05) is 62.5 Å². The summed E-state index contributed by atoms with van der Waals surface area (Å²) in [6.45, 7) is 6.36. The van der Waals surface area contributed by atoms with Crippen molar-refractivity contribution < 1.29 is 55.8 Å². The number of fused-ring (bicyclic) bond motifs is 1. The summed E-state index contributed by atoms with van der Waals surface area (Å²) in [7, 11) is 8.92. The number of alkyl halides is 3. The van der Waals surface area contributed by atoms with E-state index in [-0.39, 0.29) is 26.1 Å². The molecule has 0 spiro atoms. The minimum Gasteiger partial charge on any atom is -0.382 e. The summed E-state index contributed by atoms with van der Waals surface area (Å²) in [5.74, 6) is 0. The number of halogens is 3. The van der Waals surface area contributed by atoms with Crippen molar-refractivity contribution in [1.29, 1.82) is 0 Å². The van der Waals surface area contributed by atoms with Crippen molar-refractivity contribution in [2.24, 2.45) is 0 Å². The zero-order valence-electron chi connectivity index (χ0n) is 34.1. The van der Waals surface area contributed by atoms with Gasteiger partial charge in [0, 0.05) is 84.5 Å². The lowest BCUT2D eigenvalue weighted by molar-refractivity contribution is -0.0705. The van der Waals surface area contributed by atoms with E-state index < -0.39 is 79.5 Å². The smallest absolute Gasteiger partial charge is 0.350 e. The highest BCUT2D eigenvalue weighted by Crippen LogP contribution is 2.36. The van der Waals surface area contributed by atoms with E-state index in [0.717, 1.165) is 5.39 Å². The molecule has 7 rings (SSSR count). The van der Waals surface area contributed by atoms with Gasteiger partial charge >= 0.3 is 5.69 Å². The molecule has 60 heavy (non-hydrogen) atoms. The summed E-state index contributed by atoms with van der Waals surface area (Å²) in [5, 5.41) is 0.784. The molecule has 2 aromatic heterocycles. The van der Waals surface area contributed by atoms with Crippen molar-refractivity contribution in [1.82, 2.24) is 19.0 Å². The quantitative estimate of drug-likeness (QED) is 0.251. The Balaban J connectivity index is 0.000000199. The lowest BCUT2D eigenvalue weighted by Gasteiger charge is -2.30. The summed E-state index contributed by atoms with van der Waals surface area (Å²) in [6, 6.07) is 9.96. The Morgan fingerprint density at radius 3 is 1.70 bits per heavy atom. The van der Waals surface area contributed by atoms with Crippen LogP contribution in [0, 0.1) is 6.92 Å². The maximum atomic E-state index is 14.8. The number of aryl methyl sites for hydroxylation is 1. The number of allylic oxidation sites excluding steroid dienone is 3. The Morgan fingerprint density at radius 2 is 1.18 bits per heavy atom. The number of nitrogens with zero attached hydrogens (tertiary/aromatic N) is 4. The van der Waals surface area contributed by atoms with Crippen LogP contribution in [0.15, 0.2) is 95.1 Å². The van der Waals surface area contributed by atoms with Gasteiger partial charge in [-0.05, 0) is 25.1 Å². The predicted molar refractivity (Wildman–Crippen MR) is 217 cm³/mol. The molecule has 18 heteroatoms. The molecule has 0 radical (unpaired) electrons. The van der Waals surface area contributed by atoms with Gasteiger partial charge in [-0.1, -0.05) is 38.3 Å². The Kier molecular flexibility index (Phi) is 18.2. The largest absolute Gasteiger partial charge is 0.382 e. The molecule has 0 aliphatic carbocycles. The molecule has 15 nitrogen and oxygen atoms in total. The second kappa shape index (κ2) is 22.6. The summed E-state index contributed by atoms with van der Waals surface area (Å²) < 4.78 is 93.7. The number of benzene rings is 1. The molecule has 0 N–H and O–H groups in total. The number of pyridine rings is 1. The SMILES string of the molecule is C.C=C1C=CC=CN1[C@@H]1O[C@H](COC)[C@@H](OC)[C@H]1F.COC[C@H]1O[C@@H](n2c(=O)nc(C)c3ccccc32)[C@H](F)[C@@H]1OC.COC[C@H]1O[C@@H](n2ccc(=O)cc2)[C@H](F)[C@@H]1OC. The van der Waals surface area contributed by atoms with Crippen LogP contribution in [-0.2, 0) is 42.6 Å². The number of hydrogen-bond donors (Lipinski definition) is 0. The Bertz CT molecular complexity index is 2000. The highest BCUT2D eigenvalue weighted by Gasteiger charge is 2.49. The summed E-state index contributed by atoms with van der Waals surface area (Å²) in [4.78, 5) is 29.1. The van der Waals surface area contributed by atoms with E-state index in [4.69, 9.17) is 42.6 Å². The molecule has 4 aliphatic heterocycles. The van der Waals surface area contributed by atoms with Crippen molar-refractivity contribution in [3.63, 3.8) is 0 Å². The Morgan fingerprint density at radius 1 is 0.700 bits per heavy atom. The summed E-state index contributed by atoms with van der Waals surface area (Å²) in [6.07, 6.45) is 0.0207. The predicted octanol–water partition coefficient (Wildman–Crippen LogP) is 4.59. The second-order valence-electron chi connectivity index (χ2n) is 13.9. The molecule has 4 aliphatic rings. The normalized spacial score (nSPS) is 30.8. The van der Waals surface area contributed by atoms with Crippen LogP contribution in [0.5, 0.6) is 0 Å². The molecule has 1 aromatic carbocycles. The maximum absolute atomic E-state index is 14.8. The average Bonchev–Trinajstić information content (AvgIpc) is 3.84. The zero-order valence-corrected chi connectivity index (χ0v) is 34.1. The molecule has 0 amide bonds. The highest BCUT2D eigenvalue weighted by atomic mass is 19.1. The first kappa shape index (κ1) is 48.4. The van der Waals surface area contributed by atoms with Crippen molar-refractivity contribution in [3.05, 3.63) is 112 Å². The fourth-order valence-corrected chi connectivity index (χ4v) is 7.42. The van der Waals surface area contributed by atoms with Crippen molar-refractivity contribution in [2.45, 2.75) is 88.2 Å². The third-order valence-corrected chi connectivity index (χ3v) is 10.3. The molecular formula is C42H57F3N4O11. The van der Waals surface area contributed by atoms with E-state index in [0.29, 0.717) is 23.5 Å². The van der Waals surface area contributed by atoms with Gasteiger partial charge in [0.25, 0.3) is 0 Å². The minimum atomic E-state index is -1.49. The first-order chi connectivity index (χ1) is 28.4. The highest BCUT2D eigenvalue weighted by molar-refractivity contribution is 5.81. The summed E-state index contributed by atoms with van der Waals surface area (Å²) in [5.41, 5.74) is 1.22. The van der Waals surface area contributed by atoms with E-state index in [1.807, 2.05) is 30.4 Å². The summed E-state index contributed by atoms with van der Waals surface area (Å²) >= 11 is 0. The molecule has 3 saturated heterocycles. The molecule has 6 heterocycles. The maximum Gasteiger partial charge on any atom is 0.350 e. The van der Waals surface area contributed by atoms with Crippen molar-refractivity contribution >= 4 is 10.9 Å². The fourth-order valence-electron chi connectivity index (χ4n) is 7.42. The van der Waals surface area contributed by atoms with E-state index in [2.05, 4.69) is 11.6 Å². The molecule has 12 atom stereocenters. The fraction of sp³-hybridized carbons (Fsp3) is 0.548. The molecular weight excluding hydrogens is 793 g/mol. The zero-order chi connectivity index (χ0) is 42.8. The monoisotopic (exact) mass is 850 g/mol. The Labute approximate surface area is 347 Å². The van der Waals surface area contributed by atoms with Crippen LogP contribution in [0.1, 0.15) is 25.6 Å². The number of aromatic nitrogens is 3. The molecule has 332 valence electrons. The standard InChI is InChI=1S/C16H19FN2O4.C13H18FNO3.C12H16FNO4.CH4/c1-9-10-6-4-5-7-11(10)19(16(20)18-9)15-13(17)14(22-3)12(23-15)8-21-2;1-9-6-4-5-7-15(9)13-11(14)12(17-3)10(18-13)8-16-2;1-16-7-9-11(17-2)10(13)12(18-9)14-5-3-8(15)4-6-14;/h4-7,12-15H,8H2,1-3H3;4-7,10-13H,1,8H2,2-3H3;3-6,9-12H,7H2,1-2H3;1H4/t12-,13-,14-,15-;10-,11-,12-,13-;9-,10-,11-,12-;/m111./s1. The molecule has 0 unspecified atom stereocenters. The van der Waals surface area contributed by atoms with Crippen molar-refractivity contribution in [3.8, 4) is 0 Å². The van der Waals surface area contributed by atoms with Crippen LogP contribution < -0.4 is 11.1 Å². The number of hydrogen-bond acceptors (Lipinski definition) is 13. The molecule has 0 saturated carbocycles. The van der Waals surface area contributed by atoms with Gasteiger partial charge < -0.3 is 52.1 Å². The Hall–Kier alpha value is -4.24. The number of ether oxygens (including phenoxy) is 9. The van der Waals surface area contributed by atoms with E-state index in [1.165, 1.54) is 69.2 Å². The first-order valence-electron chi connectivity index (χ1n) is 18.9. The minimum absolute atomic E-state index is 0. The lowest BCUT2D eigenvalue weighted by atomic mass is 10.1. The molecule has 3 aromatic rings. The molecule has 0 bridgehead atoms. The lowest BCUT2D eigenvalue weighted by Crippen LogP contribution is -2.39. The van der Waals surface area contributed by atoms with Gasteiger partial charge in [0.05, 0.1) is 31.0 Å².